The maximum Gasteiger partial charge on any atom is 0.311 e. The minimum atomic E-state index is -0.931. The van der Waals surface area contributed by atoms with Gasteiger partial charge in [-0.1, -0.05) is 103 Å². The van der Waals surface area contributed by atoms with Crippen LogP contribution in [0.4, 0.5) is 0 Å². The molecule has 0 aromatic heterocycles. The lowest BCUT2D eigenvalue weighted by Crippen LogP contribution is -2.57. The number of hydrogen-bond donors (Lipinski definition) is 3. The first-order chi connectivity index (χ1) is 20.0. The first-order valence-corrected chi connectivity index (χ1v) is 17.2. The smallest absolute Gasteiger partial charge is 0.311 e. The van der Waals surface area contributed by atoms with Crippen LogP contribution in [0.5, 0.6) is 0 Å². The average Bonchev–Trinajstić information content (AvgIpc) is 2.93. The Morgan fingerprint density at radius 3 is 1.10 bits per heavy atom. The molecule has 7 nitrogen and oxygen atoms in total. The number of hydrogen-bond acceptors (Lipinski definition) is 3. The Morgan fingerprint density at radius 2 is 0.786 bits per heavy atom. The highest BCUT2D eigenvalue weighted by atomic mass is 16.4. The molecule has 0 saturated heterocycles. The number of allylic oxidation sites excluding steroid dienone is 2. The Bertz CT molecular complexity index is 682. The molecule has 3 unspecified atom stereocenters. The van der Waals surface area contributed by atoms with E-state index >= 15 is 0 Å². The molecular formula is C35H66NO6+. The van der Waals surface area contributed by atoms with Crippen molar-refractivity contribution < 1.29 is 34.2 Å². The second-order valence-corrected chi connectivity index (χ2v) is 13.0. The fourth-order valence-corrected chi connectivity index (χ4v) is 6.05. The van der Waals surface area contributed by atoms with Gasteiger partial charge in [-0.15, -0.1) is 0 Å². The molecule has 0 amide bonds. The second-order valence-electron chi connectivity index (χ2n) is 13.0. The van der Waals surface area contributed by atoms with Crippen molar-refractivity contribution in [2.45, 2.75) is 150 Å². The molecule has 0 bridgehead atoms. The molecule has 7 heteroatoms. The van der Waals surface area contributed by atoms with E-state index in [-0.39, 0.29) is 24.1 Å². The standard InChI is InChI=1S/C35H65NO6/c1-5-6-7-8-9-10-11-12-13-14-15-16-17-18-19-20-21-22-23-24-25-26-36(27-30(2)33(37)38,28-31(3)34(39)40)29-32(4)35(41)42/h12-13,30-32H,5-11,14-29H2,1-4H3,(H2-,37,38,39,40,41,42)/p+1/b13-12+. The van der Waals surface area contributed by atoms with Gasteiger partial charge in [0.25, 0.3) is 0 Å². The van der Waals surface area contributed by atoms with E-state index in [2.05, 4.69) is 19.1 Å². The maximum atomic E-state index is 11.6. The molecule has 0 heterocycles. The summed E-state index contributed by atoms with van der Waals surface area (Å²) in [6.45, 7) is 8.50. The Kier molecular flexibility index (Phi) is 24.4. The van der Waals surface area contributed by atoms with Crippen molar-refractivity contribution in [3.8, 4) is 0 Å². The molecule has 0 aromatic rings. The fraction of sp³-hybridized carbons (Fsp3) is 0.857. The fourth-order valence-electron chi connectivity index (χ4n) is 6.05. The van der Waals surface area contributed by atoms with Crippen molar-refractivity contribution in [2.75, 3.05) is 26.2 Å². The van der Waals surface area contributed by atoms with Crippen molar-refractivity contribution in [3.05, 3.63) is 12.2 Å². The van der Waals surface area contributed by atoms with Crippen LogP contribution in [0.2, 0.25) is 0 Å². The molecule has 3 N–H and O–H groups in total. The van der Waals surface area contributed by atoms with E-state index in [9.17, 15) is 29.7 Å². The van der Waals surface area contributed by atoms with Gasteiger partial charge in [0.1, 0.15) is 17.8 Å². The first-order valence-electron chi connectivity index (χ1n) is 17.2. The van der Waals surface area contributed by atoms with E-state index in [4.69, 9.17) is 0 Å². The molecule has 0 aliphatic carbocycles. The van der Waals surface area contributed by atoms with Gasteiger partial charge in [-0.3, -0.25) is 14.4 Å². The number of carboxylic acid groups (broad SMARTS) is 3. The van der Waals surface area contributed by atoms with E-state index in [1.807, 2.05) is 0 Å². The third-order valence-electron chi connectivity index (χ3n) is 8.64. The van der Waals surface area contributed by atoms with Crippen LogP contribution < -0.4 is 0 Å². The molecule has 0 aliphatic rings. The Balaban J connectivity index is 4.20. The van der Waals surface area contributed by atoms with E-state index in [0.717, 1.165) is 19.3 Å². The van der Waals surface area contributed by atoms with Crippen LogP contribution in [0.15, 0.2) is 12.2 Å². The summed E-state index contributed by atoms with van der Waals surface area (Å²) in [5.41, 5.74) is 0. The molecule has 0 rings (SSSR count). The van der Waals surface area contributed by atoms with E-state index in [1.165, 1.54) is 103 Å². The summed E-state index contributed by atoms with van der Waals surface area (Å²) >= 11 is 0. The minimum absolute atomic E-state index is 0.226. The summed E-state index contributed by atoms with van der Waals surface area (Å²) in [6, 6.07) is 0. The van der Waals surface area contributed by atoms with Crippen LogP contribution in [-0.2, 0) is 14.4 Å². The Labute approximate surface area is 257 Å². The normalized spacial score (nSPS) is 15.3. The summed E-state index contributed by atoms with van der Waals surface area (Å²) in [5.74, 6) is -4.80. The molecule has 246 valence electrons. The van der Waals surface area contributed by atoms with Gasteiger partial charge in [0.05, 0.1) is 26.2 Å². The highest BCUT2D eigenvalue weighted by molar-refractivity contribution is 5.70. The highest BCUT2D eigenvalue weighted by Gasteiger charge is 2.38. The van der Waals surface area contributed by atoms with Gasteiger partial charge in [-0.05, 0) is 59.3 Å². The summed E-state index contributed by atoms with van der Waals surface area (Å²) < 4.78 is 0.226. The van der Waals surface area contributed by atoms with Crippen molar-refractivity contribution in [1.82, 2.24) is 0 Å². The molecule has 0 radical (unpaired) electrons. The van der Waals surface area contributed by atoms with Crippen molar-refractivity contribution in [3.63, 3.8) is 0 Å². The summed E-state index contributed by atoms with van der Waals surface area (Å²) in [4.78, 5) is 34.9. The zero-order valence-corrected chi connectivity index (χ0v) is 27.7. The highest BCUT2D eigenvalue weighted by Crippen LogP contribution is 2.22. The predicted molar refractivity (Wildman–Crippen MR) is 173 cm³/mol. The van der Waals surface area contributed by atoms with Crippen LogP contribution >= 0.6 is 0 Å². The number of quaternary nitrogens is 1. The number of rotatable bonds is 30. The maximum absolute atomic E-state index is 11.6. The monoisotopic (exact) mass is 596 g/mol. The van der Waals surface area contributed by atoms with E-state index in [0.29, 0.717) is 6.54 Å². The van der Waals surface area contributed by atoms with Crippen LogP contribution in [0.1, 0.15) is 150 Å². The third-order valence-corrected chi connectivity index (χ3v) is 8.64. The van der Waals surface area contributed by atoms with E-state index < -0.39 is 35.7 Å². The van der Waals surface area contributed by atoms with Crippen LogP contribution in [0.25, 0.3) is 0 Å². The van der Waals surface area contributed by atoms with Gasteiger partial charge in [-0.2, -0.15) is 0 Å². The van der Waals surface area contributed by atoms with Gasteiger partial charge >= 0.3 is 17.9 Å². The Hall–Kier alpha value is -1.89. The van der Waals surface area contributed by atoms with E-state index in [1.54, 1.807) is 20.8 Å². The number of carbonyl (C=O) groups is 3. The van der Waals surface area contributed by atoms with Crippen molar-refractivity contribution in [1.29, 1.82) is 0 Å². The second kappa shape index (κ2) is 25.6. The predicted octanol–water partition coefficient (Wildman–Crippen LogP) is 8.95. The molecule has 0 aromatic carbocycles. The van der Waals surface area contributed by atoms with Gasteiger partial charge in [0, 0.05) is 0 Å². The van der Waals surface area contributed by atoms with Gasteiger partial charge < -0.3 is 19.8 Å². The van der Waals surface area contributed by atoms with Gasteiger partial charge in [0.2, 0.25) is 0 Å². The number of carboxylic acids is 3. The zero-order valence-electron chi connectivity index (χ0n) is 27.7. The lowest BCUT2D eigenvalue weighted by atomic mass is 10.00. The first kappa shape index (κ1) is 40.1. The third kappa shape index (κ3) is 21.8. The molecule has 3 atom stereocenters. The zero-order chi connectivity index (χ0) is 31.6. The quantitative estimate of drug-likeness (QED) is 0.0433. The molecule has 0 saturated carbocycles. The molecule has 0 spiro atoms. The van der Waals surface area contributed by atoms with Gasteiger partial charge in [-0.25, -0.2) is 0 Å². The largest absolute Gasteiger partial charge is 0.481 e. The van der Waals surface area contributed by atoms with Gasteiger partial charge in [0.15, 0.2) is 0 Å². The number of nitrogens with zero attached hydrogens (tertiary/aromatic N) is 1. The van der Waals surface area contributed by atoms with Crippen LogP contribution in [0.3, 0.4) is 0 Å². The molecule has 42 heavy (non-hydrogen) atoms. The number of aliphatic carboxylic acids is 3. The van der Waals surface area contributed by atoms with Crippen molar-refractivity contribution >= 4 is 17.9 Å². The number of unbranched alkanes of at least 4 members (excludes halogenated alkanes) is 17. The van der Waals surface area contributed by atoms with Crippen LogP contribution in [0, 0.1) is 17.8 Å². The molecular weight excluding hydrogens is 530 g/mol. The molecule has 0 aliphatic heterocycles. The lowest BCUT2D eigenvalue weighted by Gasteiger charge is -2.42. The SMILES string of the molecule is CCCCCCCC/C=C/CCCCCCCCCCCCC[N+](CC(C)C(=O)O)(CC(C)C(=O)O)CC(C)C(=O)O. The summed E-state index contributed by atoms with van der Waals surface area (Å²) in [7, 11) is 0. The Morgan fingerprint density at radius 1 is 0.500 bits per heavy atom. The molecule has 0 fully saturated rings. The summed E-state index contributed by atoms with van der Waals surface area (Å²) in [5, 5.41) is 28.6. The van der Waals surface area contributed by atoms with Crippen LogP contribution in [-0.4, -0.2) is 63.9 Å². The summed E-state index contributed by atoms with van der Waals surface area (Å²) in [6.07, 6.45) is 28.6. The van der Waals surface area contributed by atoms with Crippen molar-refractivity contribution in [2.24, 2.45) is 17.8 Å². The minimum Gasteiger partial charge on any atom is -0.481 e. The lowest BCUT2D eigenvalue weighted by molar-refractivity contribution is -0.934. The topological polar surface area (TPSA) is 112 Å². The average molecular weight is 597 g/mol.